The maximum atomic E-state index is 5.16. The lowest BCUT2D eigenvalue weighted by molar-refractivity contribution is 0.485. The summed E-state index contributed by atoms with van der Waals surface area (Å²) >= 11 is 5.16. The Balaban J connectivity index is 2.43. The number of nitrogens with one attached hydrogen (secondary N) is 1. The zero-order valence-corrected chi connectivity index (χ0v) is 7.52. The highest BCUT2D eigenvalue weighted by molar-refractivity contribution is 8.27. The fourth-order valence-corrected chi connectivity index (χ4v) is 3.73. The Bertz CT molecular complexity index is 112. The Morgan fingerprint density at radius 1 is 1.56 bits per heavy atom. The molecule has 0 aromatic rings. The summed E-state index contributed by atoms with van der Waals surface area (Å²) in [7, 11) is 0.0829. The average Bonchev–Trinajstić information content (AvgIpc) is 1.59. The van der Waals surface area contributed by atoms with Gasteiger partial charge in [-0.1, -0.05) is 16.6 Å². The lowest BCUT2D eigenvalue weighted by Gasteiger charge is -2.26. The second kappa shape index (κ2) is 3.08. The number of hydrogen-bond acceptors (Lipinski definition) is 1. The van der Waals surface area contributed by atoms with Crippen LogP contribution in [0, 0.1) is 5.92 Å². The average molecular weight is 163 g/mol. The fraction of sp³-hybridized carbons (Fsp3) is 1.00. The van der Waals surface area contributed by atoms with E-state index < -0.39 is 0 Å². The van der Waals surface area contributed by atoms with Gasteiger partial charge in [0.1, 0.15) is 0 Å². The van der Waals surface area contributed by atoms with Crippen molar-refractivity contribution in [2.24, 2.45) is 5.92 Å². The zero-order valence-electron chi connectivity index (χ0n) is 5.89. The van der Waals surface area contributed by atoms with Gasteiger partial charge in [0.25, 0.3) is 0 Å². The molecule has 3 heteroatoms. The summed E-state index contributed by atoms with van der Waals surface area (Å²) in [5.74, 6) is 2.03. The Morgan fingerprint density at radius 3 is 2.67 bits per heavy atom. The van der Waals surface area contributed by atoms with Crippen molar-refractivity contribution < 1.29 is 0 Å². The van der Waals surface area contributed by atoms with Crippen LogP contribution in [-0.2, 0) is 20.8 Å². The first kappa shape index (κ1) is 7.63. The summed E-state index contributed by atoms with van der Waals surface area (Å²) in [6.45, 7) is 4.49. The molecule has 1 nitrogen and oxygen atoms in total. The number of rotatable bonds is 0. The van der Waals surface area contributed by atoms with Crippen molar-refractivity contribution in [3.05, 3.63) is 0 Å². The van der Waals surface area contributed by atoms with Gasteiger partial charge in [0.2, 0.25) is 0 Å². The van der Waals surface area contributed by atoms with E-state index in [-0.39, 0.29) is 9.64 Å². The monoisotopic (exact) mass is 163 g/mol. The topological polar surface area (TPSA) is 12.0 Å². The van der Waals surface area contributed by atoms with Crippen LogP contribution in [0.25, 0.3) is 0 Å². The highest BCUT2D eigenvalue weighted by atomic mass is 32.8. The van der Waals surface area contributed by atoms with Crippen LogP contribution in [0.15, 0.2) is 0 Å². The van der Waals surface area contributed by atoms with Crippen LogP contribution >= 0.6 is 0 Å². The van der Waals surface area contributed by atoms with E-state index in [1.54, 1.807) is 0 Å². The van der Waals surface area contributed by atoms with Gasteiger partial charge >= 0.3 is 0 Å². The lowest BCUT2D eigenvalue weighted by atomic mass is 10.1. The van der Waals surface area contributed by atoms with E-state index in [9.17, 15) is 0 Å². The van der Waals surface area contributed by atoms with Gasteiger partial charge in [0.05, 0.1) is 0 Å². The van der Waals surface area contributed by atoms with Crippen LogP contribution in [0.2, 0.25) is 0 Å². The highest BCUT2D eigenvalue weighted by Crippen LogP contribution is 2.12. The van der Waals surface area contributed by atoms with Crippen LogP contribution in [0.4, 0.5) is 0 Å². The molecule has 1 aliphatic heterocycles. The molecule has 1 saturated heterocycles. The van der Waals surface area contributed by atoms with E-state index in [0.29, 0.717) is 6.04 Å². The van der Waals surface area contributed by atoms with Crippen molar-refractivity contribution in [2.75, 3.05) is 5.75 Å². The van der Waals surface area contributed by atoms with Crippen molar-refractivity contribution in [3.8, 4) is 0 Å². The minimum absolute atomic E-state index is 0.0829. The molecule has 54 valence electrons. The largest absolute Gasteiger partial charge is 0.258 e. The second-order valence-corrected chi connectivity index (χ2v) is 5.34. The smallest absolute Gasteiger partial charge is 0.0148 e. The molecule has 0 saturated carbocycles. The third-order valence-electron chi connectivity index (χ3n) is 1.52. The lowest BCUT2D eigenvalue weighted by Crippen LogP contribution is -2.37. The van der Waals surface area contributed by atoms with Crippen LogP contribution in [0.5, 0.6) is 0 Å². The van der Waals surface area contributed by atoms with Gasteiger partial charge in [-0.05, 0) is 30.5 Å². The van der Waals surface area contributed by atoms with Gasteiger partial charge in [-0.3, -0.25) is 4.72 Å². The van der Waals surface area contributed by atoms with Gasteiger partial charge in [0.15, 0.2) is 0 Å². The molecule has 0 aromatic carbocycles. The van der Waals surface area contributed by atoms with Crippen molar-refractivity contribution in [2.45, 2.75) is 26.3 Å². The zero-order chi connectivity index (χ0) is 6.85. The summed E-state index contributed by atoms with van der Waals surface area (Å²) in [6.07, 6.45) is 1.29. The normalized spacial score (nSPS) is 44.9. The molecule has 0 aromatic heterocycles. The third kappa shape index (κ3) is 2.32. The predicted octanol–water partition coefficient (Wildman–Crippen LogP) is 1.000. The Labute approximate surface area is 63.9 Å². The Morgan fingerprint density at radius 2 is 2.22 bits per heavy atom. The molecule has 0 aliphatic carbocycles. The Kier molecular flexibility index (Phi) is 2.61. The molecular formula is C6H13NS2. The third-order valence-corrected chi connectivity index (χ3v) is 3.76. The summed E-state index contributed by atoms with van der Waals surface area (Å²) < 4.78 is 3.35. The highest BCUT2D eigenvalue weighted by Gasteiger charge is 2.16. The molecule has 1 heterocycles. The molecule has 1 aliphatic rings. The van der Waals surface area contributed by atoms with E-state index in [0.717, 1.165) is 5.92 Å². The Hall–Kier alpha value is 0.530. The SMILES string of the molecule is CC1CC(C)NS(=S)C1. The minimum Gasteiger partial charge on any atom is -0.258 e. The molecule has 1 rings (SSSR count). The maximum absolute atomic E-state index is 5.16. The first-order chi connectivity index (χ1) is 4.18. The molecule has 0 amide bonds. The van der Waals surface area contributed by atoms with Crippen molar-refractivity contribution >= 4 is 20.8 Å². The molecule has 0 spiro atoms. The molecule has 1 N–H and O–H groups in total. The van der Waals surface area contributed by atoms with E-state index >= 15 is 0 Å². The van der Waals surface area contributed by atoms with Crippen LogP contribution < -0.4 is 4.72 Å². The molecule has 3 unspecified atom stereocenters. The van der Waals surface area contributed by atoms with Gasteiger partial charge in [-0.25, -0.2) is 0 Å². The molecule has 1 fully saturated rings. The predicted molar refractivity (Wildman–Crippen MR) is 46.0 cm³/mol. The molecular weight excluding hydrogens is 150 g/mol. The summed E-state index contributed by atoms with van der Waals surface area (Å²) in [5.41, 5.74) is 0. The van der Waals surface area contributed by atoms with E-state index in [1.165, 1.54) is 12.2 Å². The van der Waals surface area contributed by atoms with Crippen molar-refractivity contribution in [1.82, 2.24) is 4.72 Å². The molecule has 0 radical (unpaired) electrons. The summed E-state index contributed by atoms with van der Waals surface area (Å²) in [5, 5.41) is 0. The standard InChI is InChI=1S/C6H13NS2/c1-5-3-6(2)7-9(8)4-5/h5-7H,3-4H2,1-2H3. The van der Waals surface area contributed by atoms with Gasteiger partial charge < -0.3 is 0 Å². The van der Waals surface area contributed by atoms with Crippen LogP contribution in [-0.4, -0.2) is 11.8 Å². The van der Waals surface area contributed by atoms with E-state index in [4.69, 9.17) is 11.2 Å². The van der Waals surface area contributed by atoms with Crippen LogP contribution in [0.3, 0.4) is 0 Å². The van der Waals surface area contributed by atoms with Crippen molar-refractivity contribution in [3.63, 3.8) is 0 Å². The molecule has 0 bridgehead atoms. The second-order valence-electron chi connectivity index (χ2n) is 2.87. The van der Waals surface area contributed by atoms with E-state index in [1.807, 2.05) is 0 Å². The van der Waals surface area contributed by atoms with Crippen molar-refractivity contribution in [1.29, 1.82) is 0 Å². The van der Waals surface area contributed by atoms with Gasteiger partial charge in [-0.15, -0.1) is 0 Å². The first-order valence-corrected chi connectivity index (χ1v) is 5.65. The van der Waals surface area contributed by atoms with Gasteiger partial charge in [-0.2, -0.15) is 0 Å². The first-order valence-electron chi connectivity index (χ1n) is 3.33. The fourth-order valence-electron chi connectivity index (χ4n) is 1.25. The van der Waals surface area contributed by atoms with E-state index in [2.05, 4.69) is 18.6 Å². The molecule has 3 atom stereocenters. The van der Waals surface area contributed by atoms with Crippen LogP contribution in [0.1, 0.15) is 20.3 Å². The quantitative estimate of drug-likeness (QED) is 0.572. The molecule has 9 heavy (non-hydrogen) atoms. The summed E-state index contributed by atoms with van der Waals surface area (Å²) in [4.78, 5) is 0. The maximum Gasteiger partial charge on any atom is 0.0148 e. The minimum atomic E-state index is 0.0829. The number of hydrogen-bond donors (Lipinski definition) is 1. The van der Waals surface area contributed by atoms with Gasteiger partial charge in [0, 0.05) is 11.8 Å². The summed E-state index contributed by atoms with van der Waals surface area (Å²) in [6, 6.07) is 0.648.